The van der Waals surface area contributed by atoms with Gasteiger partial charge in [-0.3, -0.25) is 4.79 Å². The lowest BCUT2D eigenvalue weighted by molar-refractivity contribution is -0.342. The molecule has 3 N–H and O–H groups in total. The summed E-state index contributed by atoms with van der Waals surface area (Å²) in [5.74, 6) is -1.83. The van der Waals surface area contributed by atoms with E-state index in [0.29, 0.717) is 55.1 Å². The molecule has 0 aromatic heterocycles. The van der Waals surface area contributed by atoms with E-state index in [4.69, 9.17) is 33.2 Å². The minimum absolute atomic E-state index is 0.0359. The van der Waals surface area contributed by atoms with Crippen molar-refractivity contribution in [2.24, 2.45) is 28.8 Å². The van der Waals surface area contributed by atoms with Crippen molar-refractivity contribution in [1.82, 2.24) is 0 Å². The smallest absolute Gasteiger partial charge is 0.316 e. The van der Waals surface area contributed by atoms with Gasteiger partial charge in [0, 0.05) is 38.7 Å². The van der Waals surface area contributed by atoms with Crippen LogP contribution in [0.1, 0.15) is 105 Å². The van der Waals surface area contributed by atoms with Crippen LogP contribution in [0.4, 0.5) is 0 Å². The Morgan fingerprint density at radius 1 is 1.02 bits per heavy atom. The molecule has 55 heavy (non-hydrogen) atoms. The molecule has 0 aromatic carbocycles. The molecule has 7 rings (SSSR count). The summed E-state index contributed by atoms with van der Waals surface area (Å²) in [7, 11) is 1.59. The van der Waals surface area contributed by atoms with Crippen molar-refractivity contribution >= 4 is 11.7 Å². The van der Waals surface area contributed by atoms with Gasteiger partial charge in [0.1, 0.15) is 35.5 Å². The van der Waals surface area contributed by atoms with E-state index >= 15 is 0 Å². The predicted octanol–water partition coefficient (Wildman–Crippen LogP) is 6.07. The van der Waals surface area contributed by atoms with Gasteiger partial charge in [0.25, 0.3) is 0 Å². The molecule has 5 heterocycles. The number of oxime groups is 1. The fourth-order valence-electron chi connectivity index (χ4n) is 10.4. The SMILES string of the molecule is CO[C@H]1CC(O[C@@H]2C(C)=CC[C@@H]3C[C@@H](C[C@]4(CC[C@H](C)[C@@H](C5CCCCC5)O4)O3)OC(=O)[C@@H]3C=C(C)C(=NO)[C@H]4OCC(=CC=C[C@@H]2C)[C@]43O)O[C@@H](C)C1O. The zero-order valence-corrected chi connectivity index (χ0v) is 33.4. The molecule has 0 aromatic rings. The summed E-state index contributed by atoms with van der Waals surface area (Å²) in [5, 5.41) is 36.7. The van der Waals surface area contributed by atoms with Crippen LogP contribution in [0.25, 0.3) is 0 Å². The van der Waals surface area contributed by atoms with Gasteiger partial charge in [-0.05, 0) is 75.0 Å². The molecule has 12 nitrogen and oxygen atoms in total. The molecule has 2 unspecified atom stereocenters. The highest BCUT2D eigenvalue weighted by Crippen LogP contribution is 2.48. The van der Waals surface area contributed by atoms with Gasteiger partial charge in [0.2, 0.25) is 0 Å². The maximum absolute atomic E-state index is 14.4. The number of aliphatic hydroxyl groups is 2. The van der Waals surface area contributed by atoms with Crippen LogP contribution >= 0.6 is 0 Å². The van der Waals surface area contributed by atoms with Gasteiger partial charge in [-0.2, -0.15) is 0 Å². The zero-order chi connectivity index (χ0) is 39.1. The molecule has 5 aliphatic heterocycles. The van der Waals surface area contributed by atoms with Crippen LogP contribution in [-0.2, 0) is 38.0 Å². The predicted molar refractivity (Wildman–Crippen MR) is 203 cm³/mol. The summed E-state index contributed by atoms with van der Waals surface area (Å²) < 4.78 is 45.1. The maximum Gasteiger partial charge on any atom is 0.316 e. The molecular weight excluding hydrogens is 706 g/mol. The van der Waals surface area contributed by atoms with Gasteiger partial charge in [-0.15, -0.1) is 0 Å². The Labute approximate surface area is 325 Å². The normalized spacial score (nSPS) is 45.4. The van der Waals surface area contributed by atoms with Gasteiger partial charge in [-0.1, -0.05) is 68.6 Å². The van der Waals surface area contributed by atoms with Gasteiger partial charge < -0.3 is 48.6 Å². The van der Waals surface area contributed by atoms with Crippen molar-refractivity contribution < 1.29 is 53.4 Å². The van der Waals surface area contributed by atoms with Crippen molar-refractivity contribution in [3.8, 4) is 0 Å². The largest absolute Gasteiger partial charge is 0.462 e. The molecular formula is C43H63NO11. The zero-order valence-electron chi connectivity index (χ0n) is 33.4. The number of carbonyl (C=O) groups excluding carboxylic acids is 1. The van der Waals surface area contributed by atoms with E-state index in [-0.39, 0.29) is 30.4 Å². The fourth-order valence-corrected chi connectivity index (χ4v) is 10.4. The van der Waals surface area contributed by atoms with Gasteiger partial charge in [0.15, 0.2) is 12.1 Å². The number of aliphatic hydroxyl groups excluding tert-OH is 1. The van der Waals surface area contributed by atoms with Gasteiger partial charge >= 0.3 is 5.97 Å². The third kappa shape index (κ3) is 8.17. The Morgan fingerprint density at radius 2 is 1.80 bits per heavy atom. The second-order valence-electron chi connectivity index (χ2n) is 17.4. The third-order valence-corrected chi connectivity index (χ3v) is 13.6. The van der Waals surface area contributed by atoms with Crippen LogP contribution in [0, 0.1) is 23.7 Å². The van der Waals surface area contributed by atoms with Crippen molar-refractivity contribution in [3.05, 3.63) is 47.1 Å². The first kappa shape index (κ1) is 40.8. The molecule has 7 aliphatic rings. The molecule has 12 heteroatoms. The molecule has 1 spiro atoms. The van der Waals surface area contributed by atoms with Crippen molar-refractivity contribution in [1.29, 1.82) is 0 Å². The number of hydrogen-bond acceptors (Lipinski definition) is 12. The minimum Gasteiger partial charge on any atom is -0.462 e. The molecule has 0 amide bonds. The second kappa shape index (κ2) is 16.8. The molecule has 14 atom stereocenters. The average molecular weight is 770 g/mol. The first-order chi connectivity index (χ1) is 26.4. The quantitative estimate of drug-likeness (QED) is 0.132. The summed E-state index contributed by atoms with van der Waals surface area (Å²) in [6.07, 6.45) is 14.4. The second-order valence-corrected chi connectivity index (χ2v) is 17.4. The fraction of sp³-hybridized carbons (Fsp3) is 0.767. The average Bonchev–Trinajstić information content (AvgIpc) is 3.50. The molecule has 2 aliphatic carbocycles. The summed E-state index contributed by atoms with van der Waals surface area (Å²) in [6, 6.07) is 0. The Hall–Kier alpha value is -2.42. The van der Waals surface area contributed by atoms with E-state index in [1.807, 2.05) is 19.1 Å². The first-order valence-corrected chi connectivity index (χ1v) is 20.7. The summed E-state index contributed by atoms with van der Waals surface area (Å²) in [6.45, 7) is 10.0. The monoisotopic (exact) mass is 769 g/mol. The number of fused-ring (bicyclic) bond motifs is 2. The van der Waals surface area contributed by atoms with Crippen LogP contribution in [0.2, 0.25) is 0 Å². The maximum atomic E-state index is 14.4. The molecule has 0 radical (unpaired) electrons. The molecule has 2 bridgehead atoms. The highest BCUT2D eigenvalue weighted by Gasteiger charge is 2.60. The number of ether oxygens (including phenoxy) is 7. The summed E-state index contributed by atoms with van der Waals surface area (Å²) in [5.41, 5.74) is 0.362. The number of methoxy groups -OCH3 is 1. The van der Waals surface area contributed by atoms with Gasteiger partial charge in [-0.25, -0.2) is 0 Å². The highest BCUT2D eigenvalue weighted by atomic mass is 16.7. The molecule has 4 saturated heterocycles. The van der Waals surface area contributed by atoms with Crippen molar-refractivity contribution in [2.75, 3.05) is 13.7 Å². The molecule has 5 fully saturated rings. The third-order valence-electron chi connectivity index (χ3n) is 13.6. The van der Waals surface area contributed by atoms with Crippen LogP contribution < -0.4 is 0 Å². The summed E-state index contributed by atoms with van der Waals surface area (Å²) in [4.78, 5) is 14.4. The van der Waals surface area contributed by atoms with Crippen LogP contribution in [0.15, 0.2) is 52.3 Å². The van der Waals surface area contributed by atoms with Gasteiger partial charge in [0.05, 0.1) is 37.1 Å². The van der Waals surface area contributed by atoms with Crippen LogP contribution in [-0.4, -0.2) is 107 Å². The number of allylic oxidation sites excluding steroid dienone is 2. The summed E-state index contributed by atoms with van der Waals surface area (Å²) >= 11 is 0. The highest BCUT2D eigenvalue weighted by molar-refractivity contribution is 6.06. The first-order valence-electron chi connectivity index (χ1n) is 20.7. The lowest BCUT2D eigenvalue weighted by atomic mass is 9.71. The van der Waals surface area contributed by atoms with Crippen LogP contribution in [0.5, 0.6) is 0 Å². The van der Waals surface area contributed by atoms with E-state index < -0.39 is 66.2 Å². The Morgan fingerprint density at radius 3 is 2.55 bits per heavy atom. The van der Waals surface area contributed by atoms with E-state index in [1.165, 1.54) is 19.3 Å². The van der Waals surface area contributed by atoms with Crippen molar-refractivity contribution in [3.63, 3.8) is 0 Å². The minimum atomic E-state index is -1.83. The number of rotatable bonds is 4. The van der Waals surface area contributed by atoms with Crippen LogP contribution in [0.3, 0.4) is 0 Å². The Bertz CT molecular complexity index is 1550. The van der Waals surface area contributed by atoms with Crippen molar-refractivity contribution in [2.45, 2.75) is 172 Å². The topological polar surface area (TPSA) is 155 Å². The number of nitrogens with zero attached hydrogens (tertiary/aromatic N) is 1. The van der Waals surface area contributed by atoms with E-state index in [1.54, 1.807) is 26.2 Å². The Kier molecular flexibility index (Phi) is 12.5. The molecule has 306 valence electrons. The van der Waals surface area contributed by atoms with E-state index in [0.717, 1.165) is 24.8 Å². The Balaban J connectivity index is 1.25. The lowest BCUT2D eigenvalue weighted by Crippen LogP contribution is -2.57. The molecule has 1 saturated carbocycles. The number of esters is 1. The number of carbonyl (C=O) groups is 1. The standard InChI is InChI=1S/C43H63NO11/c1-24-11-10-14-30-23-50-40-36(44-48)27(4)19-33(43(30,40)47)41(46)52-32-20-31(16-15-25(2)38(24)53-35-21-34(49-6)37(45)28(5)51-35)54-42(22-32)18-17-26(3)39(55-42)29-12-8-7-9-13-29/h10-11,14-15,19,24,26,28-29,31-35,37-40,45,47-48H,7-9,12-13,16-18,20-23H2,1-6H3/t24-,26-,28-,31+,32-,33-,34-,35?,37?,38-,39-,40+,42+,43+/m0/s1. The number of hydrogen-bond donors (Lipinski definition) is 3. The lowest BCUT2D eigenvalue weighted by Gasteiger charge is -2.51. The van der Waals surface area contributed by atoms with E-state index in [9.17, 15) is 20.2 Å². The van der Waals surface area contributed by atoms with E-state index in [2.05, 4.69) is 32.0 Å².